The molecule has 0 spiro atoms. The number of benzene rings is 1. The fraction of sp³-hybridized carbons (Fsp3) is 0.231. The number of carbonyl (C=O) groups excluding carboxylic acids is 1. The summed E-state index contributed by atoms with van der Waals surface area (Å²) in [6.07, 6.45) is 0. The van der Waals surface area contributed by atoms with Crippen molar-refractivity contribution in [1.29, 1.82) is 0 Å². The Labute approximate surface area is 120 Å². The van der Waals surface area contributed by atoms with Gasteiger partial charge in [0, 0.05) is 5.02 Å². The van der Waals surface area contributed by atoms with Crippen molar-refractivity contribution in [3.63, 3.8) is 0 Å². The number of nitrogen functional groups attached to an aromatic ring is 1. The Kier molecular flexibility index (Phi) is 4.07. The van der Waals surface area contributed by atoms with E-state index in [1.54, 1.807) is 13.0 Å². The Morgan fingerprint density at radius 3 is 2.84 bits per heavy atom. The summed E-state index contributed by atoms with van der Waals surface area (Å²) in [6, 6.07) is 7.28. The van der Waals surface area contributed by atoms with Crippen LogP contribution in [0.1, 0.15) is 33.9 Å². The maximum atomic E-state index is 12.1. The zero-order valence-electron chi connectivity index (χ0n) is 10.6. The molecule has 19 heavy (non-hydrogen) atoms. The number of nitrogens with one attached hydrogen (secondary N) is 1. The van der Waals surface area contributed by atoms with Crippen LogP contribution >= 0.6 is 22.9 Å². The molecule has 6 heteroatoms. The molecule has 100 valence electrons. The van der Waals surface area contributed by atoms with Gasteiger partial charge in [-0.25, -0.2) is 4.98 Å². The largest absolute Gasteiger partial charge is 0.375 e. The Morgan fingerprint density at radius 2 is 2.26 bits per heavy atom. The Balaban J connectivity index is 2.13. The first-order valence-corrected chi connectivity index (χ1v) is 6.96. The third-order valence-corrected chi connectivity index (χ3v) is 3.94. The summed E-state index contributed by atoms with van der Waals surface area (Å²) in [5, 5.41) is 3.96. The molecular weight excluding hydrogens is 282 g/mol. The number of nitrogens with zero attached hydrogens (tertiary/aromatic N) is 1. The van der Waals surface area contributed by atoms with Crippen LogP contribution in [0, 0.1) is 6.92 Å². The molecule has 1 unspecified atom stereocenters. The van der Waals surface area contributed by atoms with Crippen LogP contribution in [0.25, 0.3) is 0 Å². The summed E-state index contributed by atoms with van der Waals surface area (Å²) >= 11 is 7.13. The summed E-state index contributed by atoms with van der Waals surface area (Å²) in [7, 11) is 0. The average molecular weight is 296 g/mol. The monoisotopic (exact) mass is 295 g/mol. The van der Waals surface area contributed by atoms with Crippen molar-refractivity contribution in [2.75, 3.05) is 5.73 Å². The lowest BCUT2D eigenvalue weighted by atomic mass is 10.1. The van der Waals surface area contributed by atoms with Gasteiger partial charge in [0.05, 0.1) is 11.7 Å². The van der Waals surface area contributed by atoms with Crippen molar-refractivity contribution in [2.24, 2.45) is 0 Å². The molecule has 1 amide bonds. The van der Waals surface area contributed by atoms with Crippen molar-refractivity contribution in [3.8, 4) is 0 Å². The van der Waals surface area contributed by atoms with E-state index in [-0.39, 0.29) is 11.9 Å². The van der Waals surface area contributed by atoms with Crippen LogP contribution in [0.2, 0.25) is 5.02 Å². The number of hydrogen-bond donors (Lipinski definition) is 2. The number of nitrogens with two attached hydrogens (primary N) is 1. The van der Waals surface area contributed by atoms with Crippen LogP contribution in [-0.2, 0) is 0 Å². The molecule has 0 fully saturated rings. The molecule has 2 aromatic rings. The lowest BCUT2D eigenvalue weighted by Crippen LogP contribution is -2.26. The van der Waals surface area contributed by atoms with Crippen molar-refractivity contribution >= 4 is 34.0 Å². The summed E-state index contributed by atoms with van der Waals surface area (Å²) in [6.45, 7) is 3.68. The minimum absolute atomic E-state index is 0.131. The molecule has 4 nitrogen and oxygen atoms in total. The summed E-state index contributed by atoms with van der Waals surface area (Å²) in [5.74, 6) is -0.167. The predicted molar refractivity (Wildman–Crippen MR) is 78.6 cm³/mol. The highest BCUT2D eigenvalue weighted by Gasteiger charge is 2.17. The molecule has 0 aliphatic rings. The molecule has 0 radical (unpaired) electrons. The van der Waals surface area contributed by atoms with Gasteiger partial charge in [0.2, 0.25) is 0 Å². The average Bonchev–Trinajstić information content (AvgIpc) is 2.68. The van der Waals surface area contributed by atoms with E-state index in [0.717, 1.165) is 5.56 Å². The second-order valence-electron chi connectivity index (χ2n) is 4.22. The van der Waals surface area contributed by atoms with Gasteiger partial charge in [-0.15, -0.1) is 0 Å². The van der Waals surface area contributed by atoms with Gasteiger partial charge in [-0.2, -0.15) is 0 Å². The highest BCUT2D eigenvalue weighted by Crippen LogP contribution is 2.22. The van der Waals surface area contributed by atoms with E-state index in [4.69, 9.17) is 17.3 Å². The number of amides is 1. The van der Waals surface area contributed by atoms with Gasteiger partial charge in [0.15, 0.2) is 5.13 Å². The quantitative estimate of drug-likeness (QED) is 0.914. The van der Waals surface area contributed by atoms with Gasteiger partial charge in [-0.1, -0.05) is 35.1 Å². The topological polar surface area (TPSA) is 68.0 Å². The Morgan fingerprint density at radius 1 is 1.53 bits per heavy atom. The van der Waals surface area contributed by atoms with Crippen LogP contribution < -0.4 is 11.1 Å². The van der Waals surface area contributed by atoms with E-state index < -0.39 is 0 Å². The maximum Gasteiger partial charge on any atom is 0.263 e. The molecule has 1 heterocycles. The first-order valence-electron chi connectivity index (χ1n) is 5.76. The number of rotatable bonds is 3. The first kappa shape index (κ1) is 13.8. The first-order chi connectivity index (χ1) is 8.97. The smallest absolute Gasteiger partial charge is 0.263 e. The second kappa shape index (κ2) is 5.59. The van der Waals surface area contributed by atoms with Gasteiger partial charge >= 0.3 is 0 Å². The van der Waals surface area contributed by atoms with Gasteiger partial charge in [-0.05, 0) is 31.5 Å². The number of aryl methyl sites for hydroxylation is 1. The Hall–Kier alpha value is -1.59. The molecule has 1 aromatic heterocycles. The fourth-order valence-electron chi connectivity index (χ4n) is 1.75. The SMILES string of the molecule is Cc1nc(N)sc1C(=O)NC(C)c1cccc(Cl)c1. The molecule has 3 N–H and O–H groups in total. The summed E-state index contributed by atoms with van der Waals surface area (Å²) < 4.78 is 0. The van der Waals surface area contributed by atoms with E-state index in [1.807, 2.05) is 25.1 Å². The standard InChI is InChI=1S/C13H14ClN3OS/c1-7(9-4-3-5-10(14)6-9)16-12(18)11-8(2)17-13(15)19-11/h3-7H,1-2H3,(H2,15,17)(H,16,18). The highest BCUT2D eigenvalue weighted by atomic mass is 35.5. The molecule has 0 aliphatic carbocycles. The van der Waals surface area contributed by atoms with Gasteiger partial charge in [0.25, 0.3) is 5.91 Å². The molecule has 0 saturated heterocycles. The van der Waals surface area contributed by atoms with E-state index >= 15 is 0 Å². The Bertz CT molecular complexity index is 612. The minimum atomic E-state index is -0.167. The minimum Gasteiger partial charge on any atom is -0.375 e. The second-order valence-corrected chi connectivity index (χ2v) is 5.68. The molecule has 1 aromatic carbocycles. The third-order valence-electron chi connectivity index (χ3n) is 2.72. The van der Waals surface area contributed by atoms with E-state index in [2.05, 4.69) is 10.3 Å². The molecule has 2 rings (SSSR count). The fourth-order valence-corrected chi connectivity index (χ4v) is 2.68. The number of hydrogen-bond acceptors (Lipinski definition) is 4. The number of thiazole rings is 1. The van der Waals surface area contributed by atoms with Gasteiger partial charge in [-0.3, -0.25) is 4.79 Å². The van der Waals surface area contributed by atoms with Crippen molar-refractivity contribution in [1.82, 2.24) is 10.3 Å². The van der Waals surface area contributed by atoms with Crippen molar-refractivity contribution in [2.45, 2.75) is 19.9 Å². The summed E-state index contributed by atoms with van der Waals surface area (Å²) in [5.41, 5.74) is 7.19. The van der Waals surface area contributed by atoms with Crippen molar-refractivity contribution < 1.29 is 4.79 Å². The predicted octanol–water partition coefficient (Wildman–Crippen LogP) is 3.18. The molecule has 0 aliphatic heterocycles. The lowest BCUT2D eigenvalue weighted by Gasteiger charge is -2.14. The van der Waals surface area contributed by atoms with Gasteiger partial charge in [0.1, 0.15) is 4.88 Å². The number of anilines is 1. The highest BCUT2D eigenvalue weighted by molar-refractivity contribution is 7.17. The number of carbonyl (C=O) groups is 1. The van der Waals surface area contributed by atoms with E-state index in [1.165, 1.54) is 11.3 Å². The van der Waals surface area contributed by atoms with Crippen LogP contribution in [0.4, 0.5) is 5.13 Å². The lowest BCUT2D eigenvalue weighted by molar-refractivity contribution is 0.0943. The molecular formula is C13H14ClN3OS. The number of aromatic nitrogens is 1. The molecule has 0 bridgehead atoms. The van der Waals surface area contributed by atoms with Crippen LogP contribution in [-0.4, -0.2) is 10.9 Å². The normalized spacial score (nSPS) is 12.2. The van der Waals surface area contributed by atoms with Crippen LogP contribution in [0.15, 0.2) is 24.3 Å². The van der Waals surface area contributed by atoms with E-state index in [0.29, 0.717) is 20.7 Å². The third kappa shape index (κ3) is 3.24. The molecule has 0 saturated carbocycles. The van der Waals surface area contributed by atoms with Crippen LogP contribution in [0.5, 0.6) is 0 Å². The zero-order valence-corrected chi connectivity index (χ0v) is 12.2. The van der Waals surface area contributed by atoms with Crippen LogP contribution in [0.3, 0.4) is 0 Å². The molecule has 1 atom stereocenters. The summed E-state index contributed by atoms with van der Waals surface area (Å²) in [4.78, 5) is 16.7. The maximum absolute atomic E-state index is 12.1. The number of halogens is 1. The zero-order chi connectivity index (χ0) is 14.0. The van der Waals surface area contributed by atoms with Crippen molar-refractivity contribution in [3.05, 3.63) is 45.4 Å². The van der Waals surface area contributed by atoms with E-state index in [9.17, 15) is 4.79 Å². The van der Waals surface area contributed by atoms with Gasteiger partial charge < -0.3 is 11.1 Å².